The fraction of sp³-hybridized carbons (Fsp3) is 0. The molecular weight excluding hydrogens is 281 g/mol. The van der Waals surface area contributed by atoms with E-state index in [1.165, 1.54) is 6.07 Å². The van der Waals surface area contributed by atoms with Gasteiger partial charge in [0.25, 0.3) is 0 Å². The number of benzene rings is 2. The summed E-state index contributed by atoms with van der Waals surface area (Å²) >= 11 is -4.89. The van der Waals surface area contributed by atoms with E-state index in [-0.39, 0.29) is 4.35 Å². The van der Waals surface area contributed by atoms with Crippen LogP contribution in [0.25, 0.3) is 0 Å². The van der Waals surface area contributed by atoms with Crippen LogP contribution < -0.4 is 9.67 Å². The molecule has 0 unspecified atom stereocenters. The third kappa shape index (κ3) is 3.00. The quantitative estimate of drug-likeness (QED) is 0.738. The van der Waals surface area contributed by atoms with E-state index in [2.05, 4.69) is 5.32 Å². The van der Waals surface area contributed by atoms with Gasteiger partial charge in [-0.3, -0.25) is 0 Å². The molecule has 0 spiro atoms. The van der Waals surface area contributed by atoms with Crippen molar-refractivity contribution in [1.29, 1.82) is 0 Å². The molecule has 2 aromatic carbocycles. The SMILES string of the molecule is O=[As](O)(O)c1ccccc1Nc1ccccc1. The molecule has 0 amide bonds. The van der Waals surface area contributed by atoms with Crippen LogP contribution in [0.5, 0.6) is 0 Å². The number of hydrogen-bond acceptors (Lipinski definition) is 2. The molecule has 0 fully saturated rings. The van der Waals surface area contributed by atoms with Crippen molar-refractivity contribution in [1.82, 2.24) is 0 Å². The van der Waals surface area contributed by atoms with Gasteiger partial charge in [-0.05, 0) is 0 Å². The van der Waals surface area contributed by atoms with Crippen LogP contribution in [0.3, 0.4) is 0 Å². The van der Waals surface area contributed by atoms with Crippen molar-refractivity contribution in [2.75, 3.05) is 5.32 Å². The molecule has 0 aliphatic carbocycles. The van der Waals surface area contributed by atoms with Crippen molar-refractivity contribution in [2.24, 2.45) is 0 Å². The first-order valence-corrected chi connectivity index (χ1v) is 8.43. The fourth-order valence-electron chi connectivity index (χ4n) is 1.51. The van der Waals surface area contributed by atoms with Crippen molar-refractivity contribution in [3.63, 3.8) is 0 Å². The number of nitrogens with one attached hydrogen (secondary N) is 1. The van der Waals surface area contributed by atoms with Crippen LogP contribution in [-0.2, 0) is 3.74 Å². The van der Waals surface area contributed by atoms with Crippen molar-refractivity contribution >= 4 is 29.9 Å². The number of hydrogen-bond donors (Lipinski definition) is 3. The number of para-hydroxylation sites is 2. The molecule has 17 heavy (non-hydrogen) atoms. The van der Waals surface area contributed by atoms with Gasteiger partial charge in [0.1, 0.15) is 0 Å². The Bertz CT molecular complexity index is 551. The molecule has 2 rings (SSSR count). The summed E-state index contributed by atoms with van der Waals surface area (Å²) in [5.74, 6) is 0. The third-order valence-electron chi connectivity index (χ3n) is 2.27. The Labute approximate surface area is 102 Å². The van der Waals surface area contributed by atoms with Gasteiger partial charge in [0, 0.05) is 0 Å². The summed E-state index contributed by atoms with van der Waals surface area (Å²) in [5, 5.41) is 3.00. The van der Waals surface area contributed by atoms with Crippen LogP contribution in [0.2, 0.25) is 0 Å². The van der Waals surface area contributed by atoms with Crippen LogP contribution in [0, 0.1) is 0 Å². The summed E-state index contributed by atoms with van der Waals surface area (Å²) in [5.41, 5.74) is 1.25. The molecule has 2 aromatic rings. The molecule has 5 heteroatoms. The Kier molecular flexibility index (Phi) is 3.38. The van der Waals surface area contributed by atoms with Gasteiger partial charge in [0.05, 0.1) is 0 Å². The van der Waals surface area contributed by atoms with Crippen LogP contribution in [0.15, 0.2) is 54.6 Å². The van der Waals surface area contributed by atoms with E-state index in [0.717, 1.165) is 5.69 Å². The molecule has 0 saturated heterocycles. The second-order valence-corrected chi connectivity index (χ2v) is 6.85. The molecule has 4 nitrogen and oxygen atoms in total. The van der Waals surface area contributed by atoms with Crippen LogP contribution >= 0.6 is 0 Å². The molecule has 0 saturated carbocycles. The van der Waals surface area contributed by atoms with Crippen LogP contribution in [0.4, 0.5) is 11.4 Å². The maximum absolute atomic E-state index is 11.4. The Hall–Kier alpha value is -1.48. The number of rotatable bonds is 3. The van der Waals surface area contributed by atoms with E-state index in [9.17, 15) is 11.9 Å². The Morgan fingerprint density at radius 3 is 2.12 bits per heavy atom. The molecule has 3 N–H and O–H groups in total. The van der Waals surface area contributed by atoms with Gasteiger partial charge in [-0.1, -0.05) is 0 Å². The molecule has 0 bridgehead atoms. The van der Waals surface area contributed by atoms with Gasteiger partial charge in [-0.15, -0.1) is 0 Å². The van der Waals surface area contributed by atoms with Crippen molar-refractivity contribution in [2.45, 2.75) is 0 Å². The summed E-state index contributed by atoms with van der Waals surface area (Å²) in [7, 11) is 0. The van der Waals surface area contributed by atoms with Crippen molar-refractivity contribution < 1.29 is 11.9 Å². The monoisotopic (exact) mass is 293 g/mol. The third-order valence-corrected chi connectivity index (χ3v) is 4.41. The Balaban J connectivity index is 2.37. The summed E-state index contributed by atoms with van der Waals surface area (Å²) < 4.78 is 30.0. The topological polar surface area (TPSA) is 69.6 Å². The molecule has 0 aliphatic rings. The molecule has 88 valence electrons. The summed E-state index contributed by atoms with van der Waals surface area (Å²) in [6.07, 6.45) is 0. The summed E-state index contributed by atoms with van der Waals surface area (Å²) in [4.78, 5) is 0. The maximum atomic E-state index is 11.4. The van der Waals surface area contributed by atoms with Crippen molar-refractivity contribution in [3.05, 3.63) is 54.6 Å². The van der Waals surface area contributed by atoms with Gasteiger partial charge in [0.15, 0.2) is 0 Å². The van der Waals surface area contributed by atoms with E-state index in [4.69, 9.17) is 0 Å². The van der Waals surface area contributed by atoms with E-state index < -0.39 is 14.2 Å². The average Bonchev–Trinajstić information content (AvgIpc) is 2.30. The van der Waals surface area contributed by atoms with Crippen LogP contribution in [-0.4, -0.2) is 22.4 Å². The first-order chi connectivity index (χ1) is 8.07. The molecular formula is C12H12AsNO3. The Morgan fingerprint density at radius 1 is 0.882 bits per heavy atom. The minimum atomic E-state index is -4.89. The van der Waals surface area contributed by atoms with E-state index in [1.807, 2.05) is 30.3 Å². The molecule has 0 aliphatic heterocycles. The standard InChI is InChI=1S/C12H12AsNO3/c15-13(16,17)11-8-4-5-9-12(11)14-10-6-2-1-3-7-10/h1-9,14H,(H2,15,16,17). The first-order valence-electron chi connectivity index (χ1n) is 5.04. The molecule has 0 atom stereocenters. The van der Waals surface area contributed by atoms with Crippen molar-refractivity contribution in [3.8, 4) is 0 Å². The second kappa shape index (κ2) is 4.80. The van der Waals surface area contributed by atoms with Gasteiger partial charge in [-0.25, -0.2) is 0 Å². The minimum absolute atomic E-state index is 0.0643. The fourth-order valence-corrected chi connectivity index (χ4v) is 3.03. The Morgan fingerprint density at radius 2 is 1.47 bits per heavy atom. The van der Waals surface area contributed by atoms with Gasteiger partial charge < -0.3 is 0 Å². The zero-order chi connectivity index (χ0) is 12.3. The zero-order valence-corrected chi connectivity index (χ0v) is 10.8. The molecule has 0 aromatic heterocycles. The normalized spacial score (nSPS) is 11.2. The van der Waals surface area contributed by atoms with Crippen LogP contribution in [0.1, 0.15) is 0 Å². The van der Waals surface area contributed by atoms with E-state index >= 15 is 0 Å². The first kappa shape index (κ1) is 12.0. The van der Waals surface area contributed by atoms with Gasteiger partial charge in [-0.2, -0.15) is 0 Å². The molecule has 0 heterocycles. The van der Waals surface area contributed by atoms with Gasteiger partial charge in [0.2, 0.25) is 0 Å². The predicted molar refractivity (Wildman–Crippen MR) is 66.7 cm³/mol. The molecule has 0 radical (unpaired) electrons. The summed E-state index contributed by atoms with van der Waals surface area (Å²) in [6, 6.07) is 15.7. The predicted octanol–water partition coefficient (Wildman–Crippen LogP) is 0.991. The van der Waals surface area contributed by atoms with E-state index in [0.29, 0.717) is 5.69 Å². The average molecular weight is 293 g/mol. The zero-order valence-electron chi connectivity index (χ0n) is 8.95. The van der Waals surface area contributed by atoms with E-state index in [1.54, 1.807) is 18.2 Å². The number of anilines is 2. The van der Waals surface area contributed by atoms with Gasteiger partial charge >= 0.3 is 102 Å². The second-order valence-electron chi connectivity index (χ2n) is 3.55. The summed E-state index contributed by atoms with van der Waals surface area (Å²) in [6.45, 7) is 0.